The third-order valence-electron chi connectivity index (χ3n) is 3.27. The van der Waals surface area contributed by atoms with Crippen LogP contribution < -0.4 is 20.1 Å². The second kappa shape index (κ2) is 12.3. The SMILES string of the molecule is CCNC(=NCC(C)Oc1ccccc1OC)NCCCOCC(F)(F)F. The zero-order chi connectivity index (χ0) is 20.1. The minimum atomic E-state index is -4.29. The number of rotatable bonds is 11. The van der Waals surface area contributed by atoms with Gasteiger partial charge in [0.2, 0.25) is 0 Å². The zero-order valence-corrected chi connectivity index (χ0v) is 15.9. The fraction of sp³-hybridized carbons (Fsp3) is 0.611. The number of para-hydroxylation sites is 2. The van der Waals surface area contributed by atoms with Gasteiger partial charge in [0.1, 0.15) is 12.7 Å². The van der Waals surface area contributed by atoms with E-state index in [0.29, 0.717) is 43.5 Å². The fourth-order valence-electron chi connectivity index (χ4n) is 2.10. The van der Waals surface area contributed by atoms with E-state index in [-0.39, 0.29) is 12.7 Å². The fourth-order valence-corrected chi connectivity index (χ4v) is 2.10. The number of halogens is 3. The van der Waals surface area contributed by atoms with E-state index >= 15 is 0 Å². The number of guanidine groups is 1. The Morgan fingerprint density at radius 1 is 1.19 bits per heavy atom. The highest BCUT2D eigenvalue weighted by atomic mass is 19.4. The van der Waals surface area contributed by atoms with Crippen LogP contribution in [0.5, 0.6) is 11.5 Å². The summed E-state index contributed by atoms with van der Waals surface area (Å²) in [7, 11) is 1.58. The summed E-state index contributed by atoms with van der Waals surface area (Å²) in [6, 6.07) is 7.36. The van der Waals surface area contributed by atoms with Crippen LogP contribution in [0.25, 0.3) is 0 Å². The predicted molar refractivity (Wildman–Crippen MR) is 98.6 cm³/mol. The topological polar surface area (TPSA) is 64.1 Å². The van der Waals surface area contributed by atoms with Gasteiger partial charge in [0, 0.05) is 19.7 Å². The quantitative estimate of drug-likeness (QED) is 0.345. The van der Waals surface area contributed by atoms with Gasteiger partial charge < -0.3 is 24.8 Å². The molecule has 1 aromatic rings. The Labute approximate surface area is 158 Å². The van der Waals surface area contributed by atoms with Crippen LogP contribution in [-0.4, -0.2) is 58.2 Å². The Balaban J connectivity index is 2.39. The van der Waals surface area contributed by atoms with Crippen molar-refractivity contribution in [3.63, 3.8) is 0 Å². The molecule has 0 saturated carbocycles. The molecule has 0 spiro atoms. The van der Waals surface area contributed by atoms with Crippen LogP contribution in [0, 0.1) is 0 Å². The van der Waals surface area contributed by atoms with Gasteiger partial charge in [-0.15, -0.1) is 0 Å². The summed E-state index contributed by atoms with van der Waals surface area (Å²) in [6.07, 6.45) is -4.04. The summed E-state index contributed by atoms with van der Waals surface area (Å²) in [5.41, 5.74) is 0. The lowest BCUT2D eigenvalue weighted by Crippen LogP contribution is -2.38. The molecule has 154 valence electrons. The van der Waals surface area contributed by atoms with Crippen LogP contribution in [0.1, 0.15) is 20.3 Å². The average Bonchev–Trinajstić information content (AvgIpc) is 2.62. The molecule has 6 nitrogen and oxygen atoms in total. The summed E-state index contributed by atoms with van der Waals surface area (Å²) >= 11 is 0. The molecule has 9 heteroatoms. The first-order chi connectivity index (χ1) is 12.9. The van der Waals surface area contributed by atoms with E-state index in [1.54, 1.807) is 7.11 Å². The van der Waals surface area contributed by atoms with Crippen molar-refractivity contribution < 1.29 is 27.4 Å². The number of ether oxygens (including phenoxy) is 3. The molecule has 1 atom stereocenters. The molecule has 1 aromatic carbocycles. The molecule has 0 saturated heterocycles. The van der Waals surface area contributed by atoms with Gasteiger partial charge in [0.15, 0.2) is 17.5 Å². The van der Waals surface area contributed by atoms with Crippen LogP contribution in [0.4, 0.5) is 13.2 Å². The Morgan fingerprint density at radius 3 is 2.52 bits per heavy atom. The molecule has 0 amide bonds. The second-order valence-electron chi connectivity index (χ2n) is 5.75. The van der Waals surface area contributed by atoms with Crippen molar-refractivity contribution in [2.45, 2.75) is 32.5 Å². The second-order valence-corrected chi connectivity index (χ2v) is 5.75. The summed E-state index contributed by atoms with van der Waals surface area (Å²) < 4.78 is 51.6. The zero-order valence-electron chi connectivity index (χ0n) is 15.9. The lowest BCUT2D eigenvalue weighted by atomic mass is 10.3. The molecule has 2 N–H and O–H groups in total. The maximum Gasteiger partial charge on any atom is 0.411 e. The number of nitrogens with one attached hydrogen (secondary N) is 2. The standard InChI is InChI=1S/C18H28F3N3O3/c1-4-22-17(23-10-7-11-26-13-18(19,20)21)24-12-14(2)27-16-9-6-5-8-15(16)25-3/h5-6,8-9,14H,4,7,10-13H2,1-3H3,(H2,22,23,24). The van der Waals surface area contributed by atoms with Gasteiger partial charge in [-0.05, 0) is 32.4 Å². The van der Waals surface area contributed by atoms with Crippen molar-refractivity contribution in [2.75, 3.05) is 40.0 Å². The molecule has 0 aromatic heterocycles. The van der Waals surface area contributed by atoms with E-state index in [0.717, 1.165) is 0 Å². The molecular formula is C18H28F3N3O3. The van der Waals surface area contributed by atoms with Crippen molar-refractivity contribution in [1.82, 2.24) is 10.6 Å². The average molecular weight is 391 g/mol. The van der Waals surface area contributed by atoms with Crippen molar-refractivity contribution in [3.8, 4) is 11.5 Å². The minimum Gasteiger partial charge on any atom is -0.493 e. The number of hydrogen-bond donors (Lipinski definition) is 2. The van der Waals surface area contributed by atoms with Crippen molar-refractivity contribution in [1.29, 1.82) is 0 Å². The first kappa shape index (κ1) is 22.9. The van der Waals surface area contributed by atoms with Crippen LogP contribution in [-0.2, 0) is 4.74 Å². The third-order valence-corrected chi connectivity index (χ3v) is 3.27. The molecule has 1 unspecified atom stereocenters. The molecule has 0 aliphatic rings. The molecule has 0 radical (unpaired) electrons. The van der Waals surface area contributed by atoms with E-state index in [2.05, 4.69) is 20.4 Å². The number of nitrogens with zero attached hydrogens (tertiary/aromatic N) is 1. The van der Waals surface area contributed by atoms with Crippen LogP contribution in [0.2, 0.25) is 0 Å². The van der Waals surface area contributed by atoms with Gasteiger partial charge in [0.05, 0.1) is 13.7 Å². The lowest BCUT2D eigenvalue weighted by molar-refractivity contribution is -0.173. The molecular weight excluding hydrogens is 363 g/mol. The van der Waals surface area contributed by atoms with Crippen molar-refractivity contribution in [2.24, 2.45) is 4.99 Å². The van der Waals surface area contributed by atoms with Crippen LogP contribution in [0.3, 0.4) is 0 Å². The number of benzene rings is 1. The smallest absolute Gasteiger partial charge is 0.411 e. The highest BCUT2D eigenvalue weighted by Crippen LogP contribution is 2.26. The highest BCUT2D eigenvalue weighted by molar-refractivity contribution is 5.79. The lowest BCUT2D eigenvalue weighted by Gasteiger charge is -2.16. The van der Waals surface area contributed by atoms with Gasteiger partial charge >= 0.3 is 6.18 Å². The number of alkyl halides is 3. The van der Waals surface area contributed by atoms with E-state index < -0.39 is 12.8 Å². The molecule has 27 heavy (non-hydrogen) atoms. The summed E-state index contributed by atoms with van der Waals surface area (Å²) in [5, 5.41) is 6.13. The predicted octanol–water partition coefficient (Wildman–Crippen LogP) is 2.99. The third kappa shape index (κ3) is 10.5. The van der Waals surface area contributed by atoms with Gasteiger partial charge in [-0.25, -0.2) is 4.99 Å². The molecule has 0 heterocycles. The van der Waals surface area contributed by atoms with Crippen molar-refractivity contribution in [3.05, 3.63) is 24.3 Å². The largest absolute Gasteiger partial charge is 0.493 e. The monoisotopic (exact) mass is 391 g/mol. The Hall–Kier alpha value is -2.16. The number of hydrogen-bond acceptors (Lipinski definition) is 4. The Bertz CT molecular complexity index is 568. The first-order valence-corrected chi connectivity index (χ1v) is 8.82. The number of methoxy groups -OCH3 is 1. The van der Waals surface area contributed by atoms with Gasteiger partial charge in [-0.1, -0.05) is 12.1 Å². The van der Waals surface area contributed by atoms with Crippen LogP contribution in [0.15, 0.2) is 29.3 Å². The van der Waals surface area contributed by atoms with Crippen LogP contribution >= 0.6 is 0 Å². The maximum absolute atomic E-state index is 12.0. The Kier molecular flexibility index (Phi) is 10.4. The normalized spacial score (nSPS) is 13.2. The molecule has 0 fully saturated rings. The van der Waals surface area contributed by atoms with E-state index in [9.17, 15) is 13.2 Å². The van der Waals surface area contributed by atoms with E-state index in [4.69, 9.17) is 9.47 Å². The van der Waals surface area contributed by atoms with Crippen molar-refractivity contribution >= 4 is 5.96 Å². The highest BCUT2D eigenvalue weighted by Gasteiger charge is 2.27. The van der Waals surface area contributed by atoms with E-state index in [1.807, 2.05) is 38.1 Å². The minimum absolute atomic E-state index is 0.0270. The van der Waals surface area contributed by atoms with Gasteiger partial charge in [-0.3, -0.25) is 0 Å². The summed E-state index contributed by atoms with van der Waals surface area (Å²) in [4.78, 5) is 4.43. The summed E-state index contributed by atoms with van der Waals surface area (Å²) in [6.45, 7) is 4.14. The van der Waals surface area contributed by atoms with Gasteiger partial charge in [0.25, 0.3) is 0 Å². The number of aliphatic imine (C=N–C) groups is 1. The molecule has 0 bridgehead atoms. The maximum atomic E-state index is 12.0. The summed E-state index contributed by atoms with van der Waals surface area (Å²) in [5.74, 6) is 1.86. The molecule has 0 aliphatic carbocycles. The molecule has 0 aliphatic heterocycles. The Morgan fingerprint density at radius 2 is 1.89 bits per heavy atom. The van der Waals surface area contributed by atoms with E-state index in [1.165, 1.54) is 0 Å². The first-order valence-electron chi connectivity index (χ1n) is 8.82. The molecule has 1 rings (SSSR count). The van der Waals surface area contributed by atoms with Gasteiger partial charge in [-0.2, -0.15) is 13.2 Å².